The number of piperidine rings is 1. The number of halogens is 2. The van der Waals surface area contributed by atoms with Crippen molar-refractivity contribution in [2.24, 2.45) is 0 Å². The molecule has 2 amide bonds. The summed E-state index contributed by atoms with van der Waals surface area (Å²) in [6, 6.07) is 23.2. The van der Waals surface area contributed by atoms with Gasteiger partial charge in [0.05, 0.1) is 17.7 Å². The molecule has 1 fully saturated rings. The molecule has 1 saturated heterocycles. The monoisotopic (exact) mass is 643 g/mol. The van der Waals surface area contributed by atoms with Gasteiger partial charge < -0.3 is 24.5 Å². The molecule has 2 N–H and O–H groups in total. The van der Waals surface area contributed by atoms with Crippen molar-refractivity contribution < 1.29 is 14.3 Å². The van der Waals surface area contributed by atoms with E-state index >= 15 is 0 Å². The van der Waals surface area contributed by atoms with Crippen molar-refractivity contribution in [3.05, 3.63) is 100 Å². The SMILES string of the molecule is CC(C)(C)OC(=O)N1CCC(NC(=O)c2[nH]c3cc(Cl)ccc3c2-c2c(-c3ccccc3)ncn2Cc2ccc(Cl)cc2)CC1. The van der Waals surface area contributed by atoms with Crippen LogP contribution in [-0.4, -0.2) is 56.2 Å². The van der Waals surface area contributed by atoms with Gasteiger partial charge in [-0.1, -0.05) is 71.7 Å². The minimum Gasteiger partial charge on any atom is -0.444 e. The highest BCUT2D eigenvalue weighted by Crippen LogP contribution is 2.39. The standard InChI is InChI=1S/C35H35Cl2N5O3/c1-35(2,3)45-34(44)41-17-15-26(16-18-41)39-33(43)31-29(27-14-13-25(37)19-28(27)40-31)32-30(23-7-5-4-6-8-23)38-21-42(32)20-22-9-11-24(36)12-10-22/h4-14,19,21,26,40H,15-18,20H2,1-3H3,(H,39,43). The second-order valence-corrected chi connectivity index (χ2v) is 13.2. The fourth-order valence-electron chi connectivity index (χ4n) is 5.73. The molecule has 0 aliphatic carbocycles. The summed E-state index contributed by atoms with van der Waals surface area (Å²) in [5.74, 6) is -0.230. The van der Waals surface area contributed by atoms with Gasteiger partial charge in [-0.3, -0.25) is 4.79 Å². The molecule has 3 aromatic carbocycles. The average molecular weight is 645 g/mol. The van der Waals surface area contributed by atoms with E-state index in [1.807, 2.05) is 99.9 Å². The quantitative estimate of drug-likeness (QED) is 0.195. The maximum atomic E-state index is 14.1. The first-order valence-electron chi connectivity index (χ1n) is 15.0. The predicted molar refractivity (Wildman–Crippen MR) is 179 cm³/mol. The largest absolute Gasteiger partial charge is 0.444 e. The first-order chi connectivity index (χ1) is 21.6. The number of fused-ring (bicyclic) bond motifs is 1. The van der Waals surface area contributed by atoms with E-state index in [-0.39, 0.29) is 18.0 Å². The van der Waals surface area contributed by atoms with Gasteiger partial charge >= 0.3 is 6.09 Å². The number of H-pyrrole nitrogens is 1. The molecule has 6 rings (SSSR count). The molecule has 0 unspecified atom stereocenters. The van der Waals surface area contributed by atoms with E-state index in [9.17, 15) is 9.59 Å². The first-order valence-corrected chi connectivity index (χ1v) is 15.8. The van der Waals surface area contributed by atoms with E-state index in [1.54, 1.807) is 4.90 Å². The summed E-state index contributed by atoms with van der Waals surface area (Å²) in [6.45, 7) is 7.09. The summed E-state index contributed by atoms with van der Waals surface area (Å²) in [6.07, 6.45) is 2.73. The number of nitrogens with one attached hydrogen (secondary N) is 2. The van der Waals surface area contributed by atoms with E-state index < -0.39 is 5.60 Å². The van der Waals surface area contributed by atoms with Gasteiger partial charge in [0.1, 0.15) is 11.3 Å². The van der Waals surface area contributed by atoms with E-state index in [0.29, 0.717) is 48.2 Å². The van der Waals surface area contributed by atoms with Crippen molar-refractivity contribution in [3.8, 4) is 22.5 Å². The fourth-order valence-corrected chi connectivity index (χ4v) is 6.03. The number of carbonyl (C=O) groups excluding carboxylic acids is 2. The van der Waals surface area contributed by atoms with Crippen LogP contribution in [0.4, 0.5) is 4.79 Å². The van der Waals surface area contributed by atoms with Gasteiger partial charge in [0.25, 0.3) is 5.91 Å². The third-order valence-corrected chi connectivity index (χ3v) is 8.34. The van der Waals surface area contributed by atoms with Crippen LogP contribution in [0.5, 0.6) is 0 Å². The molecule has 10 heteroatoms. The zero-order valence-corrected chi connectivity index (χ0v) is 27.0. The molecule has 1 aliphatic rings. The number of likely N-dealkylation sites (tertiary alicyclic amines) is 1. The summed E-state index contributed by atoms with van der Waals surface area (Å²) >= 11 is 12.6. The second-order valence-electron chi connectivity index (χ2n) is 12.3. The van der Waals surface area contributed by atoms with Crippen LogP contribution in [0, 0.1) is 0 Å². The Morgan fingerprint density at radius 3 is 2.36 bits per heavy atom. The molecule has 0 bridgehead atoms. The Morgan fingerprint density at radius 2 is 1.67 bits per heavy atom. The van der Waals surface area contributed by atoms with Gasteiger partial charge in [-0.15, -0.1) is 0 Å². The van der Waals surface area contributed by atoms with E-state index in [1.165, 1.54) is 0 Å². The fraction of sp³-hybridized carbons (Fsp3) is 0.286. The average Bonchev–Trinajstić information content (AvgIpc) is 3.58. The normalized spacial score (nSPS) is 14.1. The summed E-state index contributed by atoms with van der Waals surface area (Å²) in [5, 5.41) is 5.32. The van der Waals surface area contributed by atoms with E-state index in [2.05, 4.69) is 14.9 Å². The summed E-state index contributed by atoms with van der Waals surface area (Å²) < 4.78 is 7.61. The van der Waals surface area contributed by atoms with Crippen molar-refractivity contribution in [2.45, 2.75) is 51.8 Å². The highest BCUT2D eigenvalue weighted by atomic mass is 35.5. The summed E-state index contributed by atoms with van der Waals surface area (Å²) in [7, 11) is 0. The van der Waals surface area contributed by atoms with Crippen molar-refractivity contribution in [1.29, 1.82) is 0 Å². The number of ether oxygens (including phenoxy) is 1. The van der Waals surface area contributed by atoms with Crippen LogP contribution in [0.15, 0.2) is 79.1 Å². The van der Waals surface area contributed by atoms with E-state index in [4.69, 9.17) is 32.9 Å². The second kappa shape index (κ2) is 12.6. The number of aromatic amines is 1. The Balaban J connectivity index is 1.37. The third kappa shape index (κ3) is 6.87. The van der Waals surface area contributed by atoms with Crippen LogP contribution in [0.2, 0.25) is 10.0 Å². The minimum atomic E-state index is -0.560. The van der Waals surface area contributed by atoms with Crippen molar-refractivity contribution in [1.82, 2.24) is 24.8 Å². The number of aromatic nitrogens is 3. The molecular formula is C35H35Cl2N5O3. The third-order valence-electron chi connectivity index (χ3n) is 7.86. The number of imidazole rings is 1. The van der Waals surface area contributed by atoms with Gasteiger partial charge in [0.2, 0.25) is 0 Å². The number of benzene rings is 3. The molecule has 3 heterocycles. The van der Waals surface area contributed by atoms with Crippen LogP contribution < -0.4 is 5.32 Å². The van der Waals surface area contributed by atoms with Gasteiger partial charge in [0.15, 0.2) is 0 Å². The Bertz CT molecular complexity index is 1830. The van der Waals surface area contributed by atoms with Crippen LogP contribution in [0.1, 0.15) is 49.7 Å². The van der Waals surface area contributed by atoms with Crippen molar-refractivity contribution in [3.63, 3.8) is 0 Å². The summed E-state index contributed by atoms with van der Waals surface area (Å²) in [5.41, 5.74) is 4.92. The molecule has 1 aliphatic heterocycles. The molecule has 232 valence electrons. The highest BCUT2D eigenvalue weighted by molar-refractivity contribution is 6.31. The van der Waals surface area contributed by atoms with Crippen LogP contribution in [0.3, 0.4) is 0 Å². The molecule has 2 aromatic heterocycles. The number of nitrogens with zero attached hydrogens (tertiary/aromatic N) is 3. The number of hydrogen-bond donors (Lipinski definition) is 2. The maximum Gasteiger partial charge on any atom is 0.410 e. The molecule has 0 spiro atoms. The van der Waals surface area contributed by atoms with Crippen LogP contribution in [0.25, 0.3) is 33.4 Å². The van der Waals surface area contributed by atoms with Crippen LogP contribution in [-0.2, 0) is 11.3 Å². The lowest BCUT2D eigenvalue weighted by atomic mass is 10.00. The molecule has 8 nitrogen and oxygen atoms in total. The topological polar surface area (TPSA) is 92.2 Å². The Labute approximate surface area is 272 Å². The lowest BCUT2D eigenvalue weighted by molar-refractivity contribution is 0.0199. The predicted octanol–water partition coefficient (Wildman–Crippen LogP) is 8.18. The molecule has 0 radical (unpaired) electrons. The van der Waals surface area contributed by atoms with Crippen molar-refractivity contribution in [2.75, 3.05) is 13.1 Å². The van der Waals surface area contributed by atoms with Crippen LogP contribution >= 0.6 is 23.2 Å². The molecular weight excluding hydrogens is 609 g/mol. The molecule has 5 aromatic rings. The molecule has 45 heavy (non-hydrogen) atoms. The maximum absolute atomic E-state index is 14.1. The van der Waals surface area contributed by atoms with Crippen molar-refractivity contribution >= 4 is 46.1 Å². The number of hydrogen-bond acceptors (Lipinski definition) is 4. The van der Waals surface area contributed by atoms with Gasteiger partial charge in [0, 0.05) is 57.8 Å². The Morgan fingerprint density at radius 1 is 0.978 bits per heavy atom. The number of rotatable bonds is 6. The highest BCUT2D eigenvalue weighted by Gasteiger charge is 2.30. The number of amides is 2. The van der Waals surface area contributed by atoms with Gasteiger partial charge in [-0.2, -0.15) is 0 Å². The number of carbonyl (C=O) groups is 2. The lowest BCUT2D eigenvalue weighted by Crippen LogP contribution is -2.47. The van der Waals surface area contributed by atoms with Gasteiger partial charge in [-0.25, -0.2) is 9.78 Å². The van der Waals surface area contributed by atoms with E-state index in [0.717, 1.165) is 39.0 Å². The smallest absolute Gasteiger partial charge is 0.410 e. The first kappa shape index (κ1) is 30.7. The Kier molecular flexibility index (Phi) is 8.62. The lowest BCUT2D eigenvalue weighted by Gasteiger charge is -2.33. The van der Waals surface area contributed by atoms with Gasteiger partial charge in [-0.05, 0) is 63.4 Å². The minimum absolute atomic E-state index is 0.105. The zero-order chi connectivity index (χ0) is 31.7. The Hall–Kier alpha value is -4.27. The molecule has 0 atom stereocenters. The zero-order valence-electron chi connectivity index (χ0n) is 25.4. The molecule has 0 saturated carbocycles. The summed E-state index contributed by atoms with van der Waals surface area (Å²) in [4.78, 5) is 36.6.